The predicted octanol–water partition coefficient (Wildman–Crippen LogP) is 4.12. The monoisotopic (exact) mass is 363 g/mol. The van der Waals surface area contributed by atoms with Crippen molar-refractivity contribution in [2.45, 2.75) is 45.6 Å². The van der Waals surface area contributed by atoms with Crippen LogP contribution < -0.4 is 5.32 Å². The molecule has 0 radical (unpaired) electrons. The number of rotatable bonds is 8. The Morgan fingerprint density at radius 1 is 1.07 bits per heavy atom. The number of nitrogens with zero attached hydrogens (tertiary/aromatic N) is 2. The second-order valence-corrected chi connectivity index (χ2v) is 6.82. The van der Waals surface area contributed by atoms with Gasteiger partial charge >= 0.3 is 0 Å². The number of carbonyl (C=O) groups excluding carboxylic acids is 1. The first-order chi connectivity index (χ1) is 13.1. The molecule has 0 aliphatic rings. The van der Waals surface area contributed by atoms with Crippen LogP contribution in [0.25, 0.3) is 11.4 Å². The van der Waals surface area contributed by atoms with E-state index in [1.807, 2.05) is 56.3 Å². The second kappa shape index (κ2) is 9.12. The van der Waals surface area contributed by atoms with E-state index in [0.717, 1.165) is 24.0 Å². The first-order valence-corrected chi connectivity index (χ1v) is 9.33. The van der Waals surface area contributed by atoms with Crippen molar-refractivity contribution >= 4 is 5.91 Å². The van der Waals surface area contributed by atoms with Gasteiger partial charge in [-0.25, -0.2) is 0 Å². The first-order valence-electron chi connectivity index (χ1n) is 9.33. The van der Waals surface area contributed by atoms with Crippen LogP contribution in [0.4, 0.5) is 0 Å². The lowest BCUT2D eigenvalue weighted by molar-refractivity contribution is -0.121. The molecule has 0 unspecified atom stereocenters. The van der Waals surface area contributed by atoms with E-state index in [9.17, 15) is 4.79 Å². The van der Waals surface area contributed by atoms with Crippen LogP contribution >= 0.6 is 0 Å². The molecule has 0 aliphatic carbocycles. The topological polar surface area (TPSA) is 68.0 Å². The lowest BCUT2D eigenvalue weighted by Crippen LogP contribution is -2.33. The van der Waals surface area contributed by atoms with Crippen molar-refractivity contribution in [3.8, 4) is 11.4 Å². The molecule has 140 valence electrons. The van der Waals surface area contributed by atoms with Gasteiger partial charge in [0.1, 0.15) is 0 Å². The van der Waals surface area contributed by atoms with E-state index >= 15 is 0 Å². The summed E-state index contributed by atoms with van der Waals surface area (Å²) in [6, 6.07) is 18.3. The number of carbonyl (C=O) groups is 1. The van der Waals surface area contributed by atoms with Crippen LogP contribution in [0.2, 0.25) is 0 Å². The average molecular weight is 363 g/mol. The van der Waals surface area contributed by atoms with Gasteiger partial charge in [-0.2, -0.15) is 4.98 Å². The molecule has 27 heavy (non-hydrogen) atoms. The standard InChI is InChI=1S/C22H25N3O2/c1-16-8-6-7-11-19(16)22-24-21(27-25-22)15-14-20(26)23-17(2)12-13-18-9-4-3-5-10-18/h3-11,17H,12-15H2,1-2H3,(H,23,26)/t17-/m0/s1. The van der Waals surface area contributed by atoms with Gasteiger partial charge in [-0.15, -0.1) is 0 Å². The minimum absolute atomic E-state index is 0.00574. The lowest BCUT2D eigenvalue weighted by atomic mass is 10.1. The summed E-state index contributed by atoms with van der Waals surface area (Å²) in [5.74, 6) is 1.06. The Hall–Kier alpha value is -2.95. The fourth-order valence-electron chi connectivity index (χ4n) is 2.96. The van der Waals surface area contributed by atoms with Crippen LogP contribution in [0, 0.1) is 6.92 Å². The van der Waals surface area contributed by atoms with Crippen LogP contribution in [-0.2, 0) is 17.6 Å². The smallest absolute Gasteiger partial charge is 0.227 e. The third-order valence-corrected chi connectivity index (χ3v) is 4.54. The van der Waals surface area contributed by atoms with Crippen molar-refractivity contribution in [3.05, 3.63) is 71.6 Å². The Morgan fingerprint density at radius 2 is 1.81 bits per heavy atom. The number of aryl methyl sites for hydroxylation is 3. The van der Waals surface area contributed by atoms with Gasteiger partial charge in [-0.05, 0) is 37.8 Å². The van der Waals surface area contributed by atoms with Gasteiger partial charge in [0.2, 0.25) is 17.6 Å². The maximum atomic E-state index is 12.2. The summed E-state index contributed by atoms with van der Waals surface area (Å²) in [6.07, 6.45) is 2.64. The van der Waals surface area contributed by atoms with Gasteiger partial charge in [0.25, 0.3) is 0 Å². The highest BCUT2D eigenvalue weighted by Gasteiger charge is 2.13. The summed E-state index contributed by atoms with van der Waals surface area (Å²) in [7, 11) is 0. The van der Waals surface area contributed by atoms with Gasteiger partial charge < -0.3 is 9.84 Å². The zero-order valence-electron chi connectivity index (χ0n) is 15.8. The number of benzene rings is 2. The zero-order valence-corrected chi connectivity index (χ0v) is 15.8. The van der Waals surface area contributed by atoms with E-state index in [0.29, 0.717) is 24.6 Å². The molecule has 5 nitrogen and oxygen atoms in total. The average Bonchev–Trinajstić information content (AvgIpc) is 3.15. The van der Waals surface area contributed by atoms with Crippen LogP contribution in [0.5, 0.6) is 0 Å². The van der Waals surface area contributed by atoms with Crippen LogP contribution in [0.15, 0.2) is 59.1 Å². The number of amides is 1. The summed E-state index contributed by atoms with van der Waals surface area (Å²) >= 11 is 0. The first kappa shape index (κ1) is 18.8. The van der Waals surface area contributed by atoms with E-state index in [1.54, 1.807) is 0 Å². The summed E-state index contributed by atoms with van der Waals surface area (Å²) in [5, 5.41) is 7.07. The minimum Gasteiger partial charge on any atom is -0.354 e. The quantitative estimate of drug-likeness (QED) is 0.654. The van der Waals surface area contributed by atoms with E-state index in [-0.39, 0.29) is 11.9 Å². The van der Waals surface area contributed by atoms with Crippen molar-refractivity contribution in [2.24, 2.45) is 0 Å². The fraction of sp³-hybridized carbons (Fsp3) is 0.318. The van der Waals surface area contributed by atoms with Gasteiger partial charge in [0.05, 0.1) is 0 Å². The molecular formula is C22H25N3O2. The fourth-order valence-corrected chi connectivity index (χ4v) is 2.96. The van der Waals surface area contributed by atoms with E-state index in [4.69, 9.17) is 4.52 Å². The third-order valence-electron chi connectivity index (χ3n) is 4.54. The molecule has 0 saturated heterocycles. The molecule has 5 heteroatoms. The summed E-state index contributed by atoms with van der Waals surface area (Å²) in [6.45, 7) is 4.04. The molecular weight excluding hydrogens is 338 g/mol. The van der Waals surface area contributed by atoms with E-state index in [2.05, 4.69) is 27.6 Å². The van der Waals surface area contributed by atoms with Crippen molar-refractivity contribution in [2.75, 3.05) is 0 Å². The van der Waals surface area contributed by atoms with Gasteiger partial charge in [0.15, 0.2) is 0 Å². The van der Waals surface area contributed by atoms with Gasteiger partial charge in [-0.3, -0.25) is 4.79 Å². The molecule has 2 aromatic carbocycles. The number of hydrogen-bond donors (Lipinski definition) is 1. The van der Waals surface area contributed by atoms with Crippen molar-refractivity contribution in [3.63, 3.8) is 0 Å². The van der Waals surface area contributed by atoms with E-state index < -0.39 is 0 Å². The van der Waals surface area contributed by atoms with Crippen molar-refractivity contribution in [1.82, 2.24) is 15.5 Å². The second-order valence-electron chi connectivity index (χ2n) is 6.82. The molecule has 1 aromatic heterocycles. The molecule has 0 aliphatic heterocycles. The van der Waals surface area contributed by atoms with Crippen LogP contribution in [0.3, 0.4) is 0 Å². The molecule has 1 atom stereocenters. The molecule has 0 fully saturated rings. The highest BCUT2D eigenvalue weighted by molar-refractivity contribution is 5.76. The van der Waals surface area contributed by atoms with E-state index in [1.165, 1.54) is 5.56 Å². The Bertz CT molecular complexity index is 874. The van der Waals surface area contributed by atoms with Gasteiger partial charge in [-0.1, -0.05) is 59.8 Å². The highest BCUT2D eigenvalue weighted by atomic mass is 16.5. The minimum atomic E-state index is 0.00574. The largest absolute Gasteiger partial charge is 0.354 e. The zero-order chi connectivity index (χ0) is 19.1. The third kappa shape index (κ3) is 5.51. The van der Waals surface area contributed by atoms with Gasteiger partial charge in [0, 0.05) is 24.4 Å². The lowest BCUT2D eigenvalue weighted by Gasteiger charge is -2.13. The summed E-state index contributed by atoms with van der Waals surface area (Å²) in [5.41, 5.74) is 3.33. The maximum Gasteiger partial charge on any atom is 0.227 e. The SMILES string of the molecule is Cc1ccccc1-c1noc(CCC(=O)N[C@@H](C)CCc2ccccc2)n1. The normalized spacial score (nSPS) is 11.9. The van der Waals surface area contributed by atoms with Crippen molar-refractivity contribution in [1.29, 1.82) is 0 Å². The molecule has 3 rings (SSSR count). The molecule has 0 spiro atoms. The maximum absolute atomic E-state index is 12.2. The number of aromatic nitrogens is 2. The summed E-state index contributed by atoms with van der Waals surface area (Å²) in [4.78, 5) is 16.6. The van der Waals surface area contributed by atoms with Crippen LogP contribution in [0.1, 0.15) is 36.8 Å². The Kier molecular flexibility index (Phi) is 6.36. The predicted molar refractivity (Wildman–Crippen MR) is 105 cm³/mol. The summed E-state index contributed by atoms with van der Waals surface area (Å²) < 4.78 is 5.29. The molecule has 3 aromatic rings. The Morgan fingerprint density at radius 3 is 2.59 bits per heavy atom. The molecule has 1 amide bonds. The molecule has 1 heterocycles. The number of hydrogen-bond acceptors (Lipinski definition) is 4. The molecule has 0 bridgehead atoms. The Labute approximate surface area is 159 Å². The molecule has 0 saturated carbocycles. The highest BCUT2D eigenvalue weighted by Crippen LogP contribution is 2.20. The molecule has 1 N–H and O–H groups in total. The Balaban J connectivity index is 1.45. The van der Waals surface area contributed by atoms with Crippen LogP contribution in [-0.4, -0.2) is 22.1 Å². The number of nitrogens with one attached hydrogen (secondary N) is 1. The van der Waals surface area contributed by atoms with Crippen molar-refractivity contribution < 1.29 is 9.32 Å².